The SMILES string of the molecule is Cc1cnc(CC2CCCN(Cc3cccnc3)C2)n1C(C)C. The van der Waals surface area contributed by atoms with E-state index in [-0.39, 0.29) is 0 Å². The predicted octanol–water partition coefficient (Wildman–Crippen LogP) is 3.62. The highest BCUT2D eigenvalue weighted by Gasteiger charge is 2.22. The molecular weight excluding hydrogens is 284 g/mol. The Balaban J connectivity index is 1.63. The molecule has 1 atom stereocenters. The average Bonchev–Trinajstić information content (AvgIpc) is 2.89. The van der Waals surface area contributed by atoms with E-state index in [1.165, 1.54) is 43.0 Å². The first-order valence-corrected chi connectivity index (χ1v) is 8.77. The van der Waals surface area contributed by atoms with Gasteiger partial charge in [0, 0.05) is 49.8 Å². The number of aryl methyl sites for hydroxylation is 1. The third kappa shape index (κ3) is 3.99. The van der Waals surface area contributed by atoms with E-state index in [4.69, 9.17) is 0 Å². The molecule has 0 aromatic carbocycles. The van der Waals surface area contributed by atoms with Gasteiger partial charge in [-0.15, -0.1) is 0 Å². The monoisotopic (exact) mass is 312 g/mol. The van der Waals surface area contributed by atoms with Crippen LogP contribution < -0.4 is 0 Å². The van der Waals surface area contributed by atoms with Gasteiger partial charge >= 0.3 is 0 Å². The second-order valence-electron chi connectivity index (χ2n) is 7.09. The van der Waals surface area contributed by atoms with Gasteiger partial charge in [0.1, 0.15) is 5.82 Å². The van der Waals surface area contributed by atoms with E-state index in [1.54, 1.807) is 0 Å². The van der Waals surface area contributed by atoms with Gasteiger partial charge in [0.05, 0.1) is 0 Å². The highest BCUT2D eigenvalue weighted by atomic mass is 15.1. The summed E-state index contributed by atoms with van der Waals surface area (Å²) in [4.78, 5) is 11.5. The molecule has 0 amide bonds. The highest BCUT2D eigenvalue weighted by molar-refractivity contribution is 5.09. The van der Waals surface area contributed by atoms with Crippen molar-refractivity contribution in [2.24, 2.45) is 5.92 Å². The lowest BCUT2D eigenvalue weighted by molar-refractivity contribution is 0.164. The van der Waals surface area contributed by atoms with E-state index in [0.717, 1.165) is 13.0 Å². The molecule has 0 aliphatic carbocycles. The quantitative estimate of drug-likeness (QED) is 0.845. The van der Waals surface area contributed by atoms with Gasteiger partial charge in [0.2, 0.25) is 0 Å². The van der Waals surface area contributed by atoms with Crippen molar-refractivity contribution in [1.29, 1.82) is 0 Å². The molecule has 2 aromatic rings. The molecule has 1 aliphatic heterocycles. The third-order valence-electron chi connectivity index (χ3n) is 4.78. The van der Waals surface area contributed by atoms with Crippen LogP contribution in [-0.2, 0) is 13.0 Å². The van der Waals surface area contributed by atoms with E-state index in [9.17, 15) is 0 Å². The van der Waals surface area contributed by atoms with Crippen LogP contribution >= 0.6 is 0 Å². The lowest BCUT2D eigenvalue weighted by atomic mass is 9.94. The molecule has 23 heavy (non-hydrogen) atoms. The molecule has 1 aliphatic rings. The van der Waals surface area contributed by atoms with Gasteiger partial charge in [-0.3, -0.25) is 9.88 Å². The van der Waals surface area contributed by atoms with E-state index < -0.39 is 0 Å². The number of piperidine rings is 1. The van der Waals surface area contributed by atoms with Gasteiger partial charge in [-0.25, -0.2) is 4.98 Å². The lowest BCUT2D eigenvalue weighted by Gasteiger charge is -2.32. The number of nitrogens with zero attached hydrogens (tertiary/aromatic N) is 4. The maximum Gasteiger partial charge on any atom is 0.109 e. The normalized spacial score (nSPS) is 19.4. The first kappa shape index (κ1) is 16.2. The molecule has 0 N–H and O–H groups in total. The summed E-state index contributed by atoms with van der Waals surface area (Å²) >= 11 is 0. The number of pyridine rings is 1. The molecule has 0 bridgehead atoms. The minimum atomic E-state index is 0.489. The van der Waals surface area contributed by atoms with Gasteiger partial charge in [0.25, 0.3) is 0 Å². The average molecular weight is 312 g/mol. The van der Waals surface area contributed by atoms with Crippen molar-refractivity contribution >= 4 is 0 Å². The smallest absolute Gasteiger partial charge is 0.109 e. The van der Waals surface area contributed by atoms with Gasteiger partial charge in [-0.2, -0.15) is 0 Å². The summed E-state index contributed by atoms with van der Waals surface area (Å²) in [5.74, 6) is 1.96. The maximum absolute atomic E-state index is 4.67. The molecule has 0 saturated carbocycles. The van der Waals surface area contributed by atoms with Crippen LogP contribution in [-0.4, -0.2) is 32.5 Å². The van der Waals surface area contributed by atoms with Crippen LogP contribution in [0.2, 0.25) is 0 Å². The first-order chi connectivity index (χ1) is 11.1. The van der Waals surface area contributed by atoms with E-state index in [2.05, 4.69) is 46.3 Å². The van der Waals surface area contributed by atoms with Crippen LogP contribution in [0.3, 0.4) is 0 Å². The summed E-state index contributed by atoms with van der Waals surface area (Å²) in [7, 11) is 0. The zero-order valence-corrected chi connectivity index (χ0v) is 14.6. The number of hydrogen-bond acceptors (Lipinski definition) is 3. The molecule has 3 heterocycles. The standard InChI is InChI=1S/C19H28N4/c1-15(2)23-16(3)11-21-19(23)10-17-7-5-9-22(13-17)14-18-6-4-8-20-12-18/h4,6,8,11-12,15,17H,5,7,9-10,13-14H2,1-3H3. The highest BCUT2D eigenvalue weighted by Crippen LogP contribution is 2.23. The Kier molecular flexibility index (Phi) is 5.11. The topological polar surface area (TPSA) is 34.0 Å². The van der Waals surface area contributed by atoms with Crippen LogP contribution in [0.5, 0.6) is 0 Å². The molecule has 3 rings (SSSR count). The Labute approximate surface area is 139 Å². The third-order valence-corrected chi connectivity index (χ3v) is 4.78. The summed E-state index contributed by atoms with van der Waals surface area (Å²) in [5, 5.41) is 0. The fourth-order valence-corrected chi connectivity index (χ4v) is 3.82. The second kappa shape index (κ2) is 7.26. The van der Waals surface area contributed by atoms with Crippen LogP contribution in [0.15, 0.2) is 30.7 Å². The zero-order valence-electron chi connectivity index (χ0n) is 14.6. The van der Waals surface area contributed by atoms with Gasteiger partial charge in [0.15, 0.2) is 0 Å². The van der Waals surface area contributed by atoms with Crippen molar-refractivity contribution in [2.75, 3.05) is 13.1 Å². The van der Waals surface area contributed by atoms with Crippen LogP contribution in [0, 0.1) is 12.8 Å². The van der Waals surface area contributed by atoms with E-state index in [0.29, 0.717) is 12.0 Å². The summed E-state index contributed by atoms with van der Waals surface area (Å²) < 4.78 is 2.39. The fraction of sp³-hybridized carbons (Fsp3) is 0.579. The Morgan fingerprint density at radius 2 is 2.17 bits per heavy atom. The van der Waals surface area contributed by atoms with Gasteiger partial charge in [-0.05, 0) is 57.7 Å². The Bertz CT molecular complexity index is 618. The van der Waals surface area contributed by atoms with Crippen molar-refractivity contribution in [3.05, 3.63) is 47.8 Å². The summed E-state index contributed by atoms with van der Waals surface area (Å²) in [6.07, 6.45) is 9.54. The molecule has 0 radical (unpaired) electrons. The largest absolute Gasteiger partial charge is 0.330 e. The van der Waals surface area contributed by atoms with Crippen molar-refractivity contribution in [1.82, 2.24) is 19.4 Å². The molecule has 4 nitrogen and oxygen atoms in total. The Morgan fingerprint density at radius 3 is 2.91 bits per heavy atom. The first-order valence-electron chi connectivity index (χ1n) is 8.77. The summed E-state index contributed by atoms with van der Waals surface area (Å²) in [5.41, 5.74) is 2.59. The molecule has 2 aromatic heterocycles. The minimum Gasteiger partial charge on any atom is -0.330 e. The number of hydrogen-bond donors (Lipinski definition) is 0. The number of aromatic nitrogens is 3. The van der Waals surface area contributed by atoms with Gasteiger partial charge in [-0.1, -0.05) is 6.07 Å². The summed E-state index contributed by atoms with van der Waals surface area (Å²) in [6, 6.07) is 4.69. The lowest BCUT2D eigenvalue weighted by Crippen LogP contribution is -2.36. The molecular formula is C19H28N4. The molecule has 124 valence electrons. The Morgan fingerprint density at radius 1 is 1.30 bits per heavy atom. The van der Waals surface area contributed by atoms with Crippen LogP contribution in [0.25, 0.3) is 0 Å². The van der Waals surface area contributed by atoms with E-state index >= 15 is 0 Å². The van der Waals surface area contributed by atoms with Gasteiger partial charge < -0.3 is 4.57 Å². The zero-order chi connectivity index (χ0) is 16.2. The van der Waals surface area contributed by atoms with Crippen molar-refractivity contribution in [3.8, 4) is 0 Å². The minimum absolute atomic E-state index is 0.489. The molecule has 1 fully saturated rings. The summed E-state index contributed by atoms with van der Waals surface area (Å²) in [6.45, 7) is 10.0. The number of likely N-dealkylation sites (tertiary alicyclic amines) is 1. The molecule has 1 unspecified atom stereocenters. The Hall–Kier alpha value is -1.68. The van der Waals surface area contributed by atoms with E-state index in [1.807, 2.05) is 24.7 Å². The number of rotatable bonds is 5. The fourth-order valence-electron chi connectivity index (χ4n) is 3.82. The van der Waals surface area contributed by atoms with Crippen LogP contribution in [0.4, 0.5) is 0 Å². The van der Waals surface area contributed by atoms with Crippen molar-refractivity contribution in [2.45, 2.75) is 52.6 Å². The van der Waals surface area contributed by atoms with Crippen molar-refractivity contribution in [3.63, 3.8) is 0 Å². The predicted molar refractivity (Wildman–Crippen MR) is 93.3 cm³/mol. The molecule has 4 heteroatoms. The second-order valence-corrected chi connectivity index (χ2v) is 7.09. The number of imidazole rings is 1. The van der Waals surface area contributed by atoms with Crippen LogP contribution in [0.1, 0.15) is 49.8 Å². The molecule has 0 spiro atoms. The molecule has 1 saturated heterocycles. The maximum atomic E-state index is 4.67. The van der Waals surface area contributed by atoms with Crippen molar-refractivity contribution < 1.29 is 0 Å².